The zero-order valence-electron chi connectivity index (χ0n) is 23.4. The van der Waals surface area contributed by atoms with Crippen LogP contribution >= 0.6 is 0 Å². The maximum atomic E-state index is 11.4. The van der Waals surface area contributed by atoms with Crippen LogP contribution in [0.4, 0.5) is 0 Å². The summed E-state index contributed by atoms with van der Waals surface area (Å²) in [5.74, 6) is -0.383. The molecule has 4 N–H and O–H groups in total. The topological polar surface area (TPSA) is 129 Å². The highest BCUT2D eigenvalue weighted by Crippen LogP contribution is 2.36. The largest absolute Gasteiger partial charge is 0.492 e. The van der Waals surface area contributed by atoms with Crippen LogP contribution in [0.25, 0.3) is 11.1 Å². The molecule has 5 atom stereocenters. The van der Waals surface area contributed by atoms with E-state index in [2.05, 4.69) is 24.0 Å². The molecular formula is C32H37NO8. The Labute approximate surface area is 239 Å². The lowest BCUT2D eigenvalue weighted by atomic mass is 9.88. The van der Waals surface area contributed by atoms with Crippen LogP contribution < -0.4 is 9.47 Å². The summed E-state index contributed by atoms with van der Waals surface area (Å²) in [6, 6.07) is 25.3. The van der Waals surface area contributed by atoms with Gasteiger partial charge in [-0.3, -0.25) is 0 Å². The zero-order valence-corrected chi connectivity index (χ0v) is 23.4. The third-order valence-electron chi connectivity index (χ3n) is 6.94. The number of hydrogen-bond donors (Lipinski definition) is 4. The van der Waals surface area contributed by atoms with Gasteiger partial charge in [0.05, 0.1) is 0 Å². The smallest absolute Gasteiger partial charge is 0.335 e. The van der Waals surface area contributed by atoms with Crippen LogP contribution in [-0.4, -0.2) is 89.2 Å². The van der Waals surface area contributed by atoms with Crippen LogP contribution in [0.15, 0.2) is 78.9 Å². The van der Waals surface area contributed by atoms with Crippen molar-refractivity contribution in [1.82, 2.24) is 4.90 Å². The molecule has 0 radical (unpaired) electrons. The Morgan fingerprint density at radius 2 is 1.39 bits per heavy atom. The van der Waals surface area contributed by atoms with Gasteiger partial charge in [-0.1, -0.05) is 61.5 Å². The van der Waals surface area contributed by atoms with Gasteiger partial charge >= 0.3 is 5.97 Å². The molecule has 41 heavy (non-hydrogen) atoms. The summed E-state index contributed by atoms with van der Waals surface area (Å²) in [5.41, 5.74) is 5.20. The fourth-order valence-electron chi connectivity index (χ4n) is 4.73. The van der Waals surface area contributed by atoms with E-state index in [9.17, 15) is 25.2 Å². The first kappa shape index (κ1) is 30.2. The molecule has 3 aromatic carbocycles. The van der Waals surface area contributed by atoms with Crippen LogP contribution in [0.3, 0.4) is 0 Å². The third kappa shape index (κ3) is 7.32. The van der Waals surface area contributed by atoms with E-state index in [0.717, 1.165) is 46.6 Å². The van der Waals surface area contributed by atoms with Crippen molar-refractivity contribution in [2.75, 3.05) is 27.2 Å². The first-order valence-electron chi connectivity index (χ1n) is 13.6. The monoisotopic (exact) mass is 563 g/mol. The van der Waals surface area contributed by atoms with E-state index in [4.69, 9.17) is 14.2 Å². The maximum Gasteiger partial charge on any atom is 0.335 e. The van der Waals surface area contributed by atoms with Gasteiger partial charge in [0.2, 0.25) is 6.29 Å². The molecule has 1 heterocycles. The number of carboxylic acids is 1. The summed E-state index contributed by atoms with van der Waals surface area (Å²) in [6.45, 7) is 3.51. The molecule has 0 aromatic heterocycles. The van der Waals surface area contributed by atoms with Gasteiger partial charge in [0.1, 0.15) is 36.4 Å². The molecule has 0 saturated carbocycles. The van der Waals surface area contributed by atoms with Crippen molar-refractivity contribution in [1.29, 1.82) is 0 Å². The highest BCUT2D eigenvalue weighted by Gasteiger charge is 2.48. The molecule has 1 aliphatic heterocycles. The van der Waals surface area contributed by atoms with E-state index in [1.165, 1.54) is 0 Å². The van der Waals surface area contributed by atoms with E-state index in [1.807, 2.05) is 68.7 Å². The number of hydrogen-bond acceptors (Lipinski definition) is 8. The molecule has 1 saturated heterocycles. The second-order valence-corrected chi connectivity index (χ2v) is 10.1. The van der Waals surface area contributed by atoms with Crippen molar-refractivity contribution in [3.05, 3.63) is 95.6 Å². The molecule has 9 heteroatoms. The fraction of sp³-hybridized carbons (Fsp3) is 0.344. The molecule has 0 spiro atoms. The van der Waals surface area contributed by atoms with Crippen molar-refractivity contribution in [2.45, 2.75) is 44.1 Å². The van der Waals surface area contributed by atoms with E-state index in [0.29, 0.717) is 12.4 Å². The van der Waals surface area contributed by atoms with Crippen LogP contribution in [0.1, 0.15) is 30.0 Å². The number of benzene rings is 3. The summed E-state index contributed by atoms with van der Waals surface area (Å²) >= 11 is 0. The van der Waals surface area contributed by atoms with Gasteiger partial charge < -0.3 is 39.5 Å². The Bertz CT molecular complexity index is 1310. The van der Waals surface area contributed by atoms with Gasteiger partial charge in [0.15, 0.2) is 6.10 Å². The van der Waals surface area contributed by atoms with Crippen molar-refractivity contribution >= 4 is 17.1 Å². The third-order valence-corrected chi connectivity index (χ3v) is 6.94. The van der Waals surface area contributed by atoms with Gasteiger partial charge in [-0.2, -0.15) is 0 Å². The average molecular weight is 564 g/mol. The molecule has 0 bridgehead atoms. The molecule has 4 rings (SSSR count). The van der Waals surface area contributed by atoms with Crippen molar-refractivity contribution < 1.29 is 39.4 Å². The molecule has 218 valence electrons. The van der Waals surface area contributed by atoms with E-state index in [-0.39, 0.29) is 0 Å². The number of ether oxygens (including phenoxy) is 3. The summed E-state index contributed by atoms with van der Waals surface area (Å²) in [5, 5.41) is 39.7. The summed E-state index contributed by atoms with van der Waals surface area (Å²) in [4.78, 5) is 13.5. The molecule has 1 aliphatic rings. The first-order chi connectivity index (χ1) is 19.7. The van der Waals surface area contributed by atoms with Crippen LogP contribution in [0.5, 0.6) is 11.5 Å². The van der Waals surface area contributed by atoms with Gasteiger partial charge in [-0.15, -0.1) is 0 Å². The summed E-state index contributed by atoms with van der Waals surface area (Å²) in [6.07, 6.45) is -7.61. The maximum absolute atomic E-state index is 11.4. The lowest BCUT2D eigenvalue weighted by molar-refractivity contribution is -0.271. The van der Waals surface area contributed by atoms with Crippen LogP contribution in [-0.2, 0) is 9.53 Å². The zero-order chi connectivity index (χ0) is 29.5. The van der Waals surface area contributed by atoms with Crippen LogP contribution in [0.2, 0.25) is 0 Å². The highest BCUT2D eigenvalue weighted by molar-refractivity contribution is 5.98. The Kier molecular flexibility index (Phi) is 10.1. The molecule has 0 aliphatic carbocycles. The summed E-state index contributed by atoms with van der Waals surface area (Å²) in [7, 11) is 4.00. The summed E-state index contributed by atoms with van der Waals surface area (Å²) < 4.78 is 16.8. The first-order valence-corrected chi connectivity index (χ1v) is 13.6. The number of aliphatic hydroxyl groups is 3. The molecule has 1 fully saturated rings. The predicted molar refractivity (Wildman–Crippen MR) is 155 cm³/mol. The Morgan fingerprint density at radius 1 is 0.805 bits per heavy atom. The minimum Gasteiger partial charge on any atom is -0.492 e. The number of aliphatic carboxylic acids is 1. The lowest BCUT2D eigenvalue weighted by Gasteiger charge is -2.38. The molecular weight excluding hydrogens is 526 g/mol. The minimum atomic E-state index is -1.78. The second-order valence-electron chi connectivity index (χ2n) is 10.1. The predicted octanol–water partition coefficient (Wildman–Crippen LogP) is 3.27. The van der Waals surface area contributed by atoms with Crippen molar-refractivity contribution in [3.8, 4) is 11.5 Å². The molecule has 0 amide bonds. The average Bonchev–Trinajstić information content (AvgIpc) is 2.97. The number of rotatable bonds is 11. The SMILES string of the molecule is CC/C(=C(\c1ccc(OCCN(C)C)cc1)c1ccc(O[C@@H]2O[C@H](C(=O)O)[C@@H](O)[C@H](O)[C@H]2O)cc1)c1ccccc1. The minimum absolute atomic E-state index is 0.298. The van der Waals surface area contributed by atoms with E-state index >= 15 is 0 Å². The number of nitrogens with zero attached hydrogens (tertiary/aromatic N) is 1. The van der Waals surface area contributed by atoms with Crippen molar-refractivity contribution in [2.24, 2.45) is 0 Å². The lowest BCUT2D eigenvalue weighted by Crippen LogP contribution is -2.61. The fourth-order valence-corrected chi connectivity index (χ4v) is 4.73. The second kappa shape index (κ2) is 13.8. The normalized spacial score (nSPS) is 23.1. The highest BCUT2D eigenvalue weighted by atomic mass is 16.7. The standard InChI is InChI=1S/C32H37NO8/c1-4-25(20-8-6-5-7-9-20)26(21-10-14-23(15-11-21)39-19-18-33(2)3)22-12-16-24(17-13-22)40-32-29(36)27(34)28(35)30(41-32)31(37)38/h5-17,27-30,32,34-36H,4,18-19H2,1-3H3,(H,37,38)/b26-25-/t27-,28-,29+,30-,32+/m0/s1. The Hall–Kier alpha value is -3.73. The van der Waals surface area contributed by atoms with E-state index in [1.54, 1.807) is 12.1 Å². The van der Waals surface area contributed by atoms with Crippen molar-refractivity contribution in [3.63, 3.8) is 0 Å². The van der Waals surface area contributed by atoms with Gasteiger partial charge in [0, 0.05) is 6.54 Å². The van der Waals surface area contributed by atoms with E-state index < -0.39 is 36.7 Å². The number of likely N-dealkylation sites (N-methyl/N-ethyl adjacent to an activating group) is 1. The van der Waals surface area contributed by atoms with Crippen LogP contribution in [0, 0.1) is 0 Å². The number of allylic oxidation sites excluding steroid dienone is 1. The number of carboxylic acid groups (broad SMARTS) is 1. The Balaban J connectivity index is 1.64. The number of aliphatic hydroxyl groups excluding tert-OH is 3. The quantitative estimate of drug-likeness (QED) is 0.260. The molecule has 3 aromatic rings. The molecule has 9 nitrogen and oxygen atoms in total. The van der Waals surface area contributed by atoms with Gasteiger partial charge in [-0.25, -0.2) is 4.79 Å². The van der Waals surface area contributed by atoms with Gasteiger partial charge in [-0.05, 0) is 72.6 Å². The van der Waals surface area contributed by atoms with Gasteiger partial charge in [0.25, 0.3) is 0 Å². The molecule has 0 unspecified atom stereocenters. The Morgan fingerprint density at radius 3 is 1.93 bits per heavy atom. The number of carbonyl (C=O) groups is 1.